The molecule has 2 fully saturated rings. The van der Waals surface area contributed by atoms with Crippen LogP contribution in [0.15, 0.2) is 0 Å². The van der Waals surface area contributed by atoms with Crippen molar-refractivity contribution in [2.75, 3.05) is 13.2 Å². The lowest BCUT2D eigenvalue weighted by Gasteiger charge is -2.46. The summed E-state index contributed by atoms with van der Waals surface area (Å²) in [5, 5.41) is 70.5. The van der Waals surface area contributed by atoms with Crippen molar-refractivity contribution in [2.45, 2.75) is 152 Å². The Morgan fingerprint density at radius 1 is 0.528 bits per heavy atom. The average molecular weight is 523 g/mol. The van der Waals surface area contributed by atoms with Crippen LogP contribution in [0, 0.1) is 0 Å². The number of aliphatic hydroxyl groups is 7. The molecule has 0 spiro atoms. The molecule has 10 atom stereocenters. The molecule has 2 aliphatic rings. The van der Waals surface area contributed by atoms with Gasteiger partial charge < -0.3 is 50.0 Å². The van der Waals surface area contributed by atoms with Gasteiger partial charge in [0, 0.05) is 0 Å². The number of aliphatic hydroxyl groups excluding tert-OH is 7. The van der Waals surface area contributed by atoms with Crippen LogP contribution in [-0.4, -0.2) is 110 Å². The van der Waals surface area contributed by atoms with Crippen LogP contribution in [0.3, 0.4) is 0 Å². The monoisotopic (exact) mass is 522 g/mol. The second-order valence-electron chi connectivity index (χ2n) is 10.4. The van der Waals surface area contributed by atoms with Crippen molar-refractivity contribution in [3.05, 3.63) is 0 Å². The molecular weight excluding hydrogens is 472 g/mol. The summed E-state index contributed by atoms with van der Waals surface area (Å²) in [5.74, 6) is 0. The van der Waals surface area contributed by atoms with Crippen molar-refractivity contribution in [1.82, 2.24) is 0 Å². The van der Waals surface area contributed by atoms with E-state index in [1.165, 1.54) is 57.8 Å². The van der Waals surface area contributed by atoms with Crippen LogP contribution in [0.2, 0.25) is 0 Å². The minimum Gasteiger partial charge on any atom is -0.394 e. The predicted octanol–water partition coefficient (Wildman–Crippen LogP) is 0.744. The van der Waals surface area contributed by atoms with Gasteiger partial charge in [0.15, 0.2) is 6.29 Å². The van der Waals surface area contributed by atoms with Crippen LogP contribution < -0.4 is 0 Å². The summed E-state index contributed by atoms with van der Waals surface area (Å²) in [6.45, 7) is 1.11. The fourth-order valence-electron chi connectivity index (χ4n) is 5.09. The van der Waals surface area contributed by atoms with Gasteiger partial charge in [-0.2, -0.15) is 0 Å². The zero-order chi connectivity index (χ0) is 26.5. The number of hydrogen-bond donors (Lipinski definition) is 7. The Kier molecular flexibility index (Phi) is 15.2. The second-order valence-corrected chi connectivity index (χ2v) is 10.4. The Morgan fingerprint density at radius 3 is 1.56 bits per heavy atom. The summed E-state index contributed by atoms with van der Waals surface area (Å²) >= 11 is 0. The Labute approximate surface area is 215 Å². The van der Waals surface area contributed by atoms with E-state index < -0.39 is 74.4 Å². The van der Waals surface area contributed by atoms with Gasteiger partial charge in [-0.3, -0.25) is 0 Å². The van der Waals surface area contributed by atoms with Gasteiger partial charge in [0.2, 0.25) is 0 Å². The number of rotatable bonds is 17. The van der Waals surface area contributed by atoms with Crippen molar-refractivity contribution in [3.8, 4) is 0 Å². The molecule has 0 aromatic rings. The molecule has 0 bridgehead atoms. The maximum absolute atomic E-state index is 10.7. The Bertz CT molecular complexity index is 563. The lowest BCUT2D eigenvalue weighted by molar-refractivity contribution is -0.342. The summed E-state index contributed by atoms with van der Waals surface area (Å²) in [5.41, 5.74) is 0. The average Bonchev–Trinajstić information content (AvgIpc) is 2.88. The van der Waals surface area contributed by atoms with Crippen molar-refractivity contribution in [1.29, 1.82) is 0 Å². The van der Waals surface area contributed by atoms with Gasteiger partial charge in [-0.05, 0) is 6.42 Å². The molecule has 10 nitrogen and oxygen atoms in total. The van der Waals surface area contributed by atoms with E-state index >= 15 is 0 Å². The summed E-state index contributed by atoms with van der Waals surface area (Å²) in [7, 11) is 0. The van der Waals surface area contributed by atoms with E-state index in [4.69, 9.17) is 14.2 Å². The van der Waals surface area contributed by atoms with Crippen LogP contribution in [-0.2, 0) is 14.2 Å². The van der Waals surface area contributed by atoms with Gasteiger partial charge in [-0.25, -0.2) is 0 Å². The van der Waals surface area contributed by atoms with Gasteiger partial charge in [-0.1, -0.05) is 84.0 Å². The Balaban J connectivity index is 1.71. The molecule has 0 aromatic carbocycles. The van der Waals surface area contributed by atoms with Gasteiger partial charge in [0.1, 0.15) is 48.8 Å². The topological polar surface area (TPSA) is 169 Å². The molecule has 0 unspecified atom stereocenters. The maximum atomic E-state index is 10.7. The molecule has 7 N–H and O–H groups in total. The summed E-state index contributed by atoms with van der Waals surface area (Å²) in [4.78, 5) is 0. The fourth-order valence-corrected chi connectivity index (χ4v) is 5.09. The lowest BCUT2D eigenvalue weighted by Crippen LogP contribution is -2.64. The van der Waals surface area contributed by atoms with Crippen molar-refractivity contribution in [2.24, 2.45) is 0 Å². The minimum atomic E-state index is -1.66. The molecule has 0 aromatic heterocycles. The van der Waals surface area contributed by atoms with Gasteiger partial charge in [0.25, 0.3) is 0 Å². The lowest BCUT2D eigenvalue weighted by atomic mass is 9.91. The molecule has 0 saturated carbocycles. The standard InChI is InChI=1S/C26H50O10/c1-2-3-4-5-6-7-8-9-10-11-12-13-14-17-20(29)23(32)25(19(16-28)34-17)36-26-24(33)22(31)21(30)18(15-27)35-26/h17-33H,2-16H2,1H3/t17-,18+,19+,20-,21+,22-,23+,24+,25-,26+/m0/s1. The van der Waals surface area contributed by atoms with Crippen LogP contribution in [0.25, 0.3) is 0 Å². The minimum absolute atomic E-state index is 0.499. The quantitative estimate of drug-likeness (QED) is 0.135. The van der Waals surface area contributed by atoms with Crippen LogP contribution >= 0.6 is 0 Å². The Morgan fingerprint density at radius 2 is 1.03 bits per heavy atom. The summed E-state index contributed by atoms with van der Waals surface area (Å²) in [6, 6.07) is 0. The molecular formula is C26H50O10. The molecule has 2 saturated heterocycles. The highest BCUT2D eigenvalue weighted by atomic mass is 16.7. The highest BCUT2D eigenvalue weighted by Crippen LogP contribution is 2.30. The third kappa shape index (κ3) is 9.41. The maximum Gasteiger partial charge on any atom is 0.187 e. The van der Waals surface area contributed by atoms with E-state index in [0.717, 1.165) is 19.3 Å². The van der Waals surface area contributed by atoms with E-state index in [1.807, 2.05) is 0 Å². The van der Waals surface area contributed by atoms with Crippen molar-refractivity contribution in [3.63, 3.8) is 0 Å². The third-order valence-electron chi connectivity index (χ3n) is 7.45. The number of ether oxygens (including phenoxy) is 3. The molecule has 10 heteroatoms. The van der Waals surface area contributed by atoms with Crippen LogP contribution in [0.1, 0.15) is 90.4 Å². The van der Waals surface area contributed by atoms with Crippen LogP contribution in [0.4, 0.5) is 0 Å². The number of hydrogen-bond acceptors (Lipinski definition) is 10. The third-order valence-corrected chi connectivity index (χ3v) is 7.45. The predicted molar refractivity (Wildman–Crippen MR) is 132 cm³/mol. The van der Waals surface area contributed by atoms with Gasteiger partial charge in [0.05, 0.1) is 19.3 Å². The van der Waals surface area contributed by atoms with Crippen molar-refractivity contribution >= 4 is 0 Å². The first-order valence-corrected chi connectivity index (χ1v) is 13.9. The molecule has 0 amide bonds. The van der Waals surface area contributed by atoms with E-state index in [1.54, 1.807) is 0 Å². The molecule has 2 aliphatic heterocycles. The van der Waals surface area contributed by atoms with E-state index in [-0.39, 0.29) is 0 Å². The van der Waals surface area contributed by atoms with E-state index in [0.29, 0.717) is 6.42 Å². The first-order valence-electron chi connectivity index (χ1n) is 13.9. The second kappa shape index (κ2) is 17.2. The molecule has 0 aliphatic carbocycles. The smallest absolute Gasteiger partial charge is 0.187 e. The number of unbranched alkanes of at least 4 members (excludes halogenated alkanes) is 11. The molecule has 2 heterocycles. The molecule has 214 valence electrons. The SMILES string of the molecule is CCCCCCCCCCCCCC[C@@H]1O[C@H](CO)[C@H](O[C@H]2O[C@H](CO)[C@@H](O)[C@H](O)[C@H]2O)[C@H](O)[C@H]1O. The summed E-state index contributed by atoms with van der Waals surface area (Å²) < 4.78 is 16.7. The highest BCUT2D eigenvalue weighted by Gasteiger charge is 2.50. The van der Waals surface area contributed by atoms with E-state index in [9.17, 15) is 35.7 Å². The highest BCUT2D eigenvalue weighted by molar-refractivity contribution is 4.95. The molecule has 36 heavy (non-hydrogen) atoms. The largest absolute Gasteiger partial charge is 0.394 e. The first-order chi connectivity index (χ1) is 17.3. The van der Waals surface area contributed by atoms with Crippen LogP contribution in [0.5, 0.6) is 0 Å². The zero-order valence-electron chi connectivity index (χ0n) is 21.7. The van der Waals surface area contributed by atoms with Gasteiger partial charge >= 0.3 is 0 Å². The van der Waals surface area contributed by atoms with Crippen molar-refractivity contribution < 1.29 is 50.0 Å². The fraction of sp³-hybridized carbons (Fsp3) is 1.00. The Hall–Kier alpha value is -0.400. The zero-order valence-corrected chi connectivity index (χ0v) is 21.7. The van der Waals surface area contributed by atoms with E-state index in [2.05, 4.69) is 6.92 Å². The van der Waals surface area contributed by atoms with Gasteiger partial charge in [-0.15, -0.1) is 0 Å². The molecule has 2 rings (SSSR count). The first kappa shape index (κ1) is 31.8. The molecule has 0 radical (unpaired) electrons. The normalized spacial score (nSPS) is 37.3. The summed E-state index contributed by atoms with van der Waals surface area (Å²) in [6.07, 6.45) is 1.94.